The molecule has 0 bridgehead atoms. The first-order valence-corrected chi connectivity index (χ1v) is 8.06. The highest BCUT2D eigenvalue weighted by molar-refractivity contribution is 6.33. The van der Waals surface area contributed by atoms with Crippen LogP contribution in [0.4, 0.5) is 4.79 Å². The lowest BCUT2D eigenvalue weighted by molar-refractivity contribution is 0.0126. The van der Waals surface area contributed by atoms with E-state index in [0.717, 1.165) is 0 Å². The summed E-state index contributed by atoms with van der Waals surface area (Å²) in [6, 6.07) is 5.14. The van der Waals surface area contributed by atoms with Crippen LogP contribution in [0.25, 0.3) is 0 Å². The Morgan fingerprint density at radius 3 is 2.52 bits per heavy atom. The Balaban J connectivity index is 1.92. The highest BCUT2D eigenvalue weighted by Crippen LogP contribution is 2.27. The fourth-order valence-electron chi connectivity index (χ4n) is 2.40. The Bertz CT molecular complexity index is 574. The summed E-state index contributed by atoms with van der Waals surface area (Å²) in [5.74, 6) is 0.489. The molecule has 1 fully saturated rings. The normalized spacial score (nSPS) is 16.1. The van der Waals surface area contributed by atoms with E-state index in [0.29, 0.717) is 48.6 Å². The third-order valence-electron chi connectivity index (χ3n) is 3.52. The van der Waals surface area contributed by atoms with Crippen molar-refractivity contribution < 1.29 is 19.1 Å². The van der Waals surface area contributed by atoms with E-state index in [-0.39, 0.29) is 12.2 Å². The Labute approximate surface area is 141 Å². The van der Waals surface area contributed by atoms with Gasteiger partial charge in [0.1, 0.15) is 17.5 Å². The predicted octanol–water partition coefficient (Wildman–Crippen LogP) is 3.93. The molecule has 1 aromatic carbocycles. The number of nitrogens with zero attached hydrogens (tertiary/aromatic N) is 1. The minimum atomic E-state index is -0.496. The van der Waals surface area contributed by atoms with Crippen LogP contribution in [-0.4, -0.2) is 42.1 Å². The van der Waals surface area contributed by atoms with Crippen molar-refractivity contribution in [2.45, 2.75) is 45.3 Å². The second kappa shape index (κ2) is 7.21. The molecular weight excluding hydrogens is 318 g/mol. The molecule has 1 aliphatic heterocycles. The van der Waals surface area contributed by atoms with Crippen molar-refractivity contribution in [3.05, 3.63) is 28.8 Å². The van der Waals surface area contributed by atoms with Crippen molar-refractivity contribution in [3.63, 3.8) is 0 Å². The number of halogens is 1. The van der Waals surface area contributed by atoms with Crippen LogP contribution in [0.5, 0.6) is 5.75 Å². The number of piperidine rings is 1. The van der Waals surface area contributed by atoms with Crippen LogP contribution in [0.1, 0.15) is 44.0 Å². The summed E-state index contributed by atoms with van der Waals surface area (Å²) >= 11 is 5.99. The van der Waals surface area contributed by atoms with E-state index in [1.54, 1.807) is 23.1 Å². The molecular formula is C17H22ClNO4. The summed E-state index contributed by atoms with van der Waals surface area (Å²) < 4.78 is 11.3. The highest BCUT2D eigenvalue weighted by Gasteiger charge is 2.28. The number of likely N-dealkylation sites (tertiary alicyclic amines) is 1. The van der Waals surface area contributed by atoms with Gasteiger partial charge in [-0.15, -0.1) is 0 Å². The molecule has 1 saturated heterocycles. The third kappa shape index (κ3) is 4.86. The van der Waals surface area contributed by atoms with Gasteiger partial charge in [0, 0.05) is 25.9 Å². The monoisotopic (exact) mass is 339 g/mol. The summed E-state index contributed by atoms with van der Waals surface area (Å²) in [5, 5.41) is 0.378. The minimum absolute atomic E-state index is 0.0501. The van der Waals surface area contributed by atoms with E-state index in [4.69, 9.17) is 21.1 Å². The number of rotatable bonds is 3. The maximum absolute atomic E-state index is 12.0. The van der Waals surface area contributed by atoms with Gasteiger partial charge in [0.2, 0.25) is 0 Å². The maximum atomic E-state index is 12.0. The molecule has 0 atom stereocenters. The van der Waals surface area contributed by atoms with Crippen molar-refractivity contribution >= 4 is 24.0 Å². The summed E-state index contributed by atoms with van der Waals surface area (Å²) in [7, 11) is 0. The van der Waals surface area contributed by atoms with Crippen molar-refractivity contribution in [2.24, 2.45) is 0 Å². The molecule has 1 aliphatic rings. The SMILES string of the molecule is CC(C)(C)OC(=O)N1CCC(Oc2cccc(Cl)c2C=O)CC1. The number of benzene rings is 1. The number of hydrogen-bond acceptors (Lipinski definition) is 4. The van der Waals surface area contributed by atoms with E-state index in [2.05, 4.69) is 0 Å². The molecule has 1 aromatic rings. The van der Waals surface area contributed by atoms with Gasteiger partial charge in [0.25, 0.3) is 0 Å². The second-order valence-corrected chi connectivity index (χ2v) is 6.96. The van der Waals surface area contributed by atoms with E-state index in [1.165, 1.54) is 0 Å². The van der Waals surface area contributed by atoms with Gasteiger partial charge in [0.15, 0.2) is 6.29 Å². The average Bonchev–Trinajstić information content (AvgIpc) is 2.46. The van der Waals surface area contributed by atoms with Crippen molar-refractivity contribution in [1.29, 1.82) is 0 Å². The minimum Gasteiger partial charge on any atom is -0.489 e. The molecule has 6 heteroatoms. The fraction of sp³-hybridized carbons (Fsp3) is 0.529. The molecule has 1 heterocycles. The van der Waals surface area contributed by atoms with Gasteiger partial charge in [0.05, 0.1) is 10.6 Å². The lowest BCUT2D eigenvalue weighted by atomic mass is 10.1. The predicted molar refractivity (Wildman–Crippen MR) is 88.3 cm³/mol. The van der Waals surface area contributed by atoms with Gasteiger partial charge >= 0.3 is 6.09 Å². The Morgan fingerprint density at radius 2 is 1.96 bits per heavy atom. The summed E-state index contributed by atoms with van der Waals surface area (Å²) in [4.78, 5) is 24.8. The number of amides is 1. The summed E-state index contributed by atoms with van der Waals surface area (Å²) in [5.41, 5.74) is -0.131. The van der Waals surface area contributed by atoms with Crippen LogP contribution in [0.3, 0.4) is 0 Å². The molecule has 0 radical (unpaired) electrons. The first kappa shape index (κ1) is 17.6. The maximum Gasteiger partial charge on any atom is 0.410 e. The van der Waals surface area contributed by atoms with Gasteiger partial charge in [-0.2, -0.15) is 0 Å². The molecule has 1 amide bonds. The molecule has 0 saturated carbocycles. The van der Waals surface area contributed by atoms with Gasteiger partial charge in [-0.1, -0.05) is 17.7 Å². The Kier molecular flexibility index (Phi) is 5.52. The third-order valence-corrected chi connectivity index (χ3v) is 3.85. The average molecular weight is 340 g/mol. The van der Waals surface area contributed by atoms with Crippen LogP contribution in [0.2, 0.25) is 5.02 Å². The molecule has 126 valence electrons. The number of ether oxygens (including phenoxy) is 2. The topological polar surface area (TPSA) is 55.8 Å². The van der Waals surface area contributed by atoms with Crippen LogP contribution < -0.4 is 4.74 Å². The molecule has 0 unspecified atom stereocenters. The fourth-order valence-corrected chi connectivity index (χ4v) is 2.61. The molecule has 2 rings (SSSR count). The summed E-state index contributed by atoms with van der Waals surface area (Å²) in [6.07, 6.45) is 1.72. The number of aldehydes is 1. The molecule has 0 spiro atoms. The quantitative estimate of drug-likeness (QED) is 0.783. The van der Waals surface area contributed by atoms with E-state index >= 15 is 0 Å². The molecule has 0 aliphatic carbocycles. The molecule has 0 aromatic heterocycles. The largest absolute Gasteiger partial charge is 0.489 e. The Hall–Kier alpha value is -1.75. The lowest BCUT2D eigenvalue weighted by Gasteiger charge is -2.33. The number of carbonyl (C=O) groups excluding carboxylic acids is 2. The Morgan fingerprint density at radius 1 is 1.30 bits per heavy atom. The van der Waals surface area contributed by atoms with Crippen LogP contribution in [-0.2, 0) is 4.74 Å². The van der Waals surface area contributed by atoms with Crippen molar-refractivity contribution in [3.8, 4) is 5.75 Å². The van der Waals surface area contributed by atoms with E-state index in [9.17, 15) is 9.59 Å². The zero-order valence-electron chi connectivity index (χ0n) is 13.7. The standard InChI is InChI=1S/C17H22ClNO4/c1-17(2,3)23-16(21)19-9-7-12(8-10-19)22-15-6-4-5-14(18)13(15)11-20/h4-6,11-12H,7-10H2,1-3H3. The first-order valence-electron chi connectivity index (χ1n) is 7.68. The van der Waals surface area contributed by atoms with E-state index < -0.39 is 5.60 Å². The van der Waals surface area contributed by atoms with Crippen molar-refractivity contribution in [2.75, 3.05) is 13.1 Å². The van der Waals surface area contributed by atoms with Crippen LogP contribution in [0, 0.1) is 0 Å². The van der Waals surface area contributed by atoms with E-state index in [1.807, 2.05) is 20.8 Å². The first-order chi connectivity index (χ1) is 10.8. The van der Waals surface area contributed by atoms with Crippen LogP contribution >= 0.6 is 11.6 Å². The van der Waals surface area contributed by atoms with Gasteiger partial charge in [-0.3, -0.25) is 4.79 Å². The zero-order valence-corrected chi connectivity index (χ0v) is 14.4. The molecule has 23 heavy (non-hydrogen) atoms. The number of hydrogen-bond donors (Lipinski definition) is 0. The van der Waals surface area contributed by atoms with Crippen LogP contribution in [0.15, 0.2) is 18.2 Å². The second-order valence-electron chi connectivity index (χ2n) is 6.55. The van der Waals surface area contributed by atoms with Crippen molar-refractivity contribution in [1.82, 2.24) is 4.90 Å². The zero-order chi connectivity index (χ0) is 17.0. The highest BCUT2D eigenvalue weighted by atomic mass is 35.5. The molecule has 0 N–H and O–H groups in total. The molecule has 5 nitrogen and oxygen atoms in total. The number of carbonyl (C=O) groups is 2. The van der Waals surface area contributed by atoms with Gasteiger partial charge < -0.3 is 14.4 Å². The lowest BCUT2D eigenvalue weighted by Crippen LogP contribution is -2.44. The summed E-state index contributed by atoms with van der Waals surface area (Å²) in [6.45, 7) is 6.68. The van der Waals surface area contributed by atoms with Gasteiger partial charge in [-0.05, 0) is 32.9 Å². The smallest absolute Gasteiger partial charge is 0.410 e. The van der Waals surface area contributed by atoms with Gasteiger partial charge in [-0.25, -0.2) is 4.79 Å².